The molecule has 1 atom stereocenters. The molecule has 0 spiro atoms. The van der Waals surface area contributed by atoms with Gasteiger partial charge >= 0.3 is 5.69 Å². The Labute approximate surface area is 148 Å². The first kappa shape index (κ1) is 19.0. The number of aromatic amines is 1. The van der Waals surface area contributed by atoms with Crippen LogP contribution in [0.3, 0.4) is 0 Å². The molecule has 0 aliphatic carbocycles. The Bertz CT molecular complexity index is 748. The van der Waals surface area contributed by atoms with Crippen LogP contribution in [0.2, 0.25) is 0 Å². The van der Waals surface area contributed by atoms with E-state index in [1.54, 1.807) is 23.3 Å². The summed E-state index contributed by atoms with van der Waals surface area (Å²) < 4.78 is 5.40. The number of nitrogens with one attached hydrogen (secondary N) is 1. The van der Waals surface area contributed by atoms with Crippen molar-refractivity contribution in [2.45, 2.75) is 53.6 Å². The van der Waals surface area contributed by atoms with E-state index >= 15 is 0 Å². The van der Waals surface area contributed by atoms with Crippen molar-refractivity contribution in [3.05, 3.63) is 52.1 Å². The number of rotatable bonds is 7. The summed E-state index contributed by atoms with van der Waals surface area (Å²) in [5, 5.41) is 0. The minimum Gasteiger partial charge on any atom is -0.467 e. The zero-order chi connectivity index (χ0) is 18.6. The van der Waals surface area contributed by atoms with Gasteiger partial charge in [-0.25, -0.2) is 4.79 Å². The van der Waals surface area contributed by atoms with Crippen molar-refractivity contribution >= 4 is 5.91 Å². The average Bonchev–Trinajstić information content (AvgIpc) is 3.03. The molecule has 2 aromatic rings. The maximum absolute atomic E-state index is 13.1. The Balaban J connectivity index is 2.35. The van der Waals surface area contributed by atoms with Crippen LogP contribution in [-0.2, 0) is 13.0 Å². The van der Waals surface area contributed by atoms with Gasteiger partial charge in [-0.2, -0.15) is 4.98 Å². The minimum atomic E-state index is -0.489. The smallest absolute Gasteiger partial charge is 0.345 e. The van der Waals surface area contributed by atoms with E-state index in [0.717, 1.165) is 5.69 Å². The van der Waals surface area contributed by atoms with Crippen LogP contribution < -0.4 is 5.69 Å². The van der Waals surface area contributed by atoms with Crippen LogP contribution in [0.15, 0.2) is 33.7 Å². The zero-order valence-corrected chi connectivity index (χ0v) is 15.6. The zero-order valence-electron chi connectivity index (χ0n) is 15.6. The first-order valence-electron chi connectivity index (χ1n) is 8.71. The number of aromatic nitrogens is 2. The number of nitrogens with zero attached hydrogens (tertiary/aromatic N) is 2. The molecule has 2 heterocycles. The van der Waals surface area contributed by atoms with Crippen molar-refractivity contribution < 1.29 is 9.21 Å². The number of hydrogen-bond donors (Lipinski definition) is 1. The topological polar surface area (TPSA) is 79.2 Å². The van der Waals surface area contributed by atoms with Crippen LogP contribution in [-0.4, -0.2) is 26.8 Å². The summed E-state index contributed by atoms with van der Waals surface area (Å²) in [7, 11) is 0. The molecule has 1 unspecified atom stereocenters. The van der Waals surface area contributed by atoms with Crippen LogP contribution in [0, 0.1) is 11.8 Å². The van der Waals surface area contributed by atoms with E-state index in [2.05, 4.69) is 37.7 Å². The summed E-state index contributed by atoms with van der Waals surface area (Å²) >= 11 is 0. The molecule has 0 saturated heterocycles. The van der Waals surface area contributed by atoms with Crippen LogP contribution in [0.1, 0.15) is 56.6 Å². The molecule has 0 aliphatic rings. The second-order valence-corrected chi connectivity index (χ2v) is 7.19. The van der Waals surface area contributed by atoms with E-state index in [1.807, 2.05) is 13.0 Å². The number of carbonyl (C=O) groups is 1. The lowest BCUT2D eigenvalue weighted by atomic mass is 10.0. The molecule has 0 radical (unpaired) electrons. The summed E-state index contributed by atoms with van der Waals surface area (Å²) in [4.78, 5) is 33.3. The van der Waals surface area contributed by atoms with Gasteiger partial charge in [0.05, 0.1) is 12.8 Å². The second-order valence-electron chi connectivity index (χ2n) is 7.19. The highest BCUT2D eigenvalue weighted by atomic mass is 16.3. The van der Waals surface area contributed by atoms with Gasteiger partial charge in [-0.05, 0) is 43.4 Å². The van der Waals surface area contributed by atoms with Crippen molar-refractivity contribution in [2.24, 2.45) is 11.8 Å². The maximum atomic E-state index is 13.1. The van der Waals surface area contributed by atoms with E-state index in [9.17, 15) is 9.59 Å². The van der Waals surface area contributed by atoms with E-state index in [-0.39, 0.29) is 23.6 Å². The molecule has 2 rings (SSSR count). The lowest BCUT2D eigenvalue weighted by Gasteiger charge is -2.31. The van der Waals surface area contributed by atoms with Gasteiger partial charge in [0.15, 0.2) is 0 Å². The monoisotopic (exact) mass is 345 g/mol. The van der Waals surface area contributed by atoms with Crippen molar-refractivity contribution in [1.29, 1.82) is 0 Å². The Kier molecular flexibility index (Phi) is 6.17. The summed E-state index contributed by atoms with van der Waals surface area (Å²) in [6.45, 7) is 10.6. The summed E-state index contributed by atoms with van der Waals surface area (Å²) in [6.07, 6.45) is 2.28. The van der Waals surface area contributed by atoms with Crippen molar-refractivity contribution in [3.63, 3.8) is 0 Å². The standard InChI is InChI=1S/C19H27N3O3/c1-12(2)9-15-10-17(21-19(24)20-15)18(23)22(14(5)13(3)4)11-16-7-6-8-25-16/h6-8,10,12-14H,9,11H2,1-5H3,(H,20,21,24). The fourth-order valence-corrected chi connectivity index (χ4v) is 2.65. The second kappa shape index (κ2) is 8.14. The average molecular weight is 345 g/mol. The third-order valence-corrected chi connectivity index (χ3v) is 4.27. The molecular weight excluding hydrogens is 318 g/mol. The lowest BCUT2D eigenvalue weighted by Crippen LogP contribution is -2.42. The summed E-state index contributed by atoms with van der Waals surface area (Å²) in [5.74, 6) is 1.08. The van der Waals surface area contributed by atoms with Crippen molar-refractivity contribution in [2.75, 3.05) is 0 Å². The Morgan fingerprint density at radius 1 is 1.28 bits per heavy atom. The SMILES string of the molecule is CC(C)Cc1cc(C(=O)N(Cc2ccco2)C(C)C(C)C)nc(=O)[nH]1. The Morgan fingerprint density at radius 2 is 2.00 bits per heavy atom. The molecule has 0 fully saturated rings. The van der Waals surface area contributed by atoms with Gasteiger partial charge in [-0.15, -0.1) is 0 Å². The highest BCUT2D eigenvalue weighted by molar-refractivity contribution is 5.92. The predicted octanol–water partition coefficient (Wildman–Crippen LogP) is 3.25. The lowest BCUT2D eigenvalue weighted by molar-refractivity contribution is 0.0604. The van der Waals surface area contributed by atoms with Gasteiger partial charge in [0.25, 0.3) is 5.91 Å². The van der Waals surface area contributed by atoms with Crippen LogP contribution in [0.4, 0.5) is 0 Å². The van der Waals surface area contributed by atoms with Gasteiger partial charge in [-0.1, -0.05) is 27.7 Å². The molecule has 0 aliphatic heterocycles. The first-order chi connectivity index (χ1) is 11.8. The highest BCUT2D eigenvalue weighted by Crippen LogP contribution is 2.18. The highest BCUT2D eigenvalue weighted by Gasteiger charge is 2.26. The van der Waals surface area contributed by atoms with Gasteiger partial charge in [0.1, 0.15) is 11.5 Å². The van der Waals surface area contributed by atoms with E-state index in [1.165, 1.54) is 0 Å². The van der Waals surface area contributed by atoms with Crippen molar-refractivity contribution in [3.8, 4) is 0 Å². The van der Waals surface area contributed by atoms with Gasteiger partial charge in [0.2, 0.25) is 0 Å². The molecule has 6 heteroatoms. The minimum absolute atomic E-state index is 0.0211. The quantitative estimate of drug-likeness (QED) is 0.835. The number of amides is 1. The first-order valence-corrected chi connectivity index (χ1v) is 8.71. The molecule has 2 aromatic heterocycles. The Hall–Kier alpha value is -2.37. The van der Waals surface area contributed by atoms with Crippen molar-refractivity contribution in [1.82, 2.24) is 14.9 Å². The summed E-state index contributed by atoms with van der Waals surface area (Å²) in [6, 6.07) is 5.30. The maximum Gasteiger partial charge on any atom is 0.345 e. The number of H-pyrrole nitrogens is 1. The van der Waals surface area contributed by atoms with Crippen LogP contribution >= 0.6 is 0 Å². The number of furan rings is 1. The molecule has 6 nitrogen and oxygen atoms in total. The fraction of sp³-hybridized carbons (Fsp3) is 0.526. The largest absolute Gasteiger partial charge is 0.467 e. The molecule has 1 N–H and O–H groups in total. The third kappa shape index (κ3) is 5.05. The van der Waals surface area contributed by atoms with E-state index in [0.29, 0.717) is 24.6 Å². The van der Waals surface area contributed by atoms with E-state index < -0.39 is 5.69 Å². The third-order valence-electron chi connectivity index (χ3n) is 4.27. The van der Waals surface area contributed by atoms with Crippen LogP contribution in [0.5, 0.6) is 0 Å². The normalized spacial score (nSPS) is 12.6. The van der Waals surface area contributed by atoms with Gasteiger partial charge < -0.3 is 14.3 Å². The molecule has 136 valence electrons. The predicted molar refractivity (Wildman–Crippen MR) is 96.3 cm³/mol. The Morgan fingerprint density at radius 3 is 2.56 bits per heavy atom. The van der Waals surface area contributed by atoms with Gasteiger partial charge in [0, 0.05) is 11.7 Å². The molecule has 0 aromatic carbocycles. The number of carbonyl (C=O) groups excluding carboxylic acids is 1. The molecule has 1 amide bonds. The van der Waals surface area contributed by atoms with Crippen LogP contribution in [0.25, 0.3) is 0 Å². The molecular formula is C19H27N3O3. The molecule has 0 bridgehead atoms. The van der Waals surface area contributed by atoms with E-state index in [4.69, 9.17) is 4.42 Å². The molecule has 0 saturated carbocycles. The molecule has 25 heavy (non-hydrogen) atoms. The number of hydrogen-bond acceptors (Lipinski definition) is 4. The fourth-order valence-electron chi connectivity index (χ4n) is 2.65. The summed E-state index contributed by atoms with van der Waals surface area (Å²) in [5.41, 5.74) is 0.420. The van der Waals surface area contributed by atoms with Gasteiger partial charge in [-0.3, -0.25) is 4.79 Å².